The third-order valence-corrected chi connectivity index (χ3v) is 4.39. The van der Waals surface area contributed by atoms with Crippen molar-refractivity contribution in [1.29, 1.82) is 0 Å². The Morgan fingerprint density at radius 2 is 2.09 bits per heavy atom. The van der Waals surface area contributed by atoms with E-state index in [2.05, 4.69) is 10.3 Å². The number of benzene rings is 1. The van der Waals surface area contributed by atoms with Crippen LogP contribution in [-0.2, 0) is 4.79 Å². The summed E-state index contributed by atoms with van der Waals surface area (Å²) in [4.78, 5) is 20.4. The standard InChI is InChI=1S/C17H24N4O2/c1-18-17(19-11-15(22)13-5-3-2-4-6-13)20-9-10-21(14-7-8-14)16(23)12-20/h2-6,14-15,22H,7-12H2,1H3,(H,18,19). The van der Waals surface area contributed by atoms with Gasteiger partial charge in [-0.05, 0) is 18.4 Å². The van der Waals surface area contributed by atoms with Gasteiger partial charge in [-0.15, -0.1) is 0 Å². The normalized spacial score (nSPS) is 20.6. The molecular formula is C17H24N4O2. The van der Waals surface area contributed by atoms with Gasteiger partial charge in [0.15, 0.2) is 5.96 Å². The number of amides is 1. The molecule has 0 radical (unpaired) electrons. The Hall–Kier alpha value is -2.08. The first-order valence-corrected chi connectivity index (χ1v) is 8.17. The topological polar surface area (TPSA) is 68.2 Å². The van der Waals surface area contributed by atoms with E-state index < -0.39 is 6.10 Å². The van der Waals surface area contributed by atoms with E-state index in [-0.39, 0.29) is 5.91 Å². The van der Waals surface area contributed by atoms with E-state index in [0.717, 1.165) is 31.5 Å². The second-order valence-electron chi connectivity index (χ2n) is 6.09. The molecule has 23 heavy (non-hydrogen) atoms. The summed E-state index contributed by atoms with van der Waals surface area (Å²) in [6, 6.07) is 10.00. The van der Waals surface area contributed by atoms with Gasteiger partial charge in [0, 0.05) is 32.7 Å². The second-order valence-corrected chi connectivity index (χ2v) is 6.09. The smallest absolute Gasteiger partial charge is 0.242 e. The molecule has 2 N–H and O–H groups in total. The molecule has 0 aromatic heterocycles. The first kappa shape index (κ1) is 15.8. The van der Waals surface area contributed by atoms with Gasteiger partial charge in [-0.2, -0.15) is 0 Å². The SMILES string of the molecule is CN=C(NCC(O)c1ccccc1)N1CCN(C2CC2)C(=O)C1. The van der Waals surface area contributed by atoms with Crippen molar-refractivity contribution < 1.29 is 9.90 Å². The van der Waals surface area contributed by atoms with E-state index in [1.807, 2.05) is 40.1 Å². The number of aliphatic hydroxyl groups excluding tert-OH is 1. The van der Waals surface area contributed by atoms with Crippen LogP contribution < -0.4 is 5.32 Å². The van der Waals surface area contributed by atoms with Crippen molar-refractivity contribution >= 4 is 11.9 Å². The van der Waals surface area contributed by atoms with Crippen molar-refractivity contribution in [3.63, 3.8) is 0 Å². The van der Waals surface area contributed by atoms with Crippen LogP contribution in [0.4, 0.5) is 0 Å². The summed E-state index contributed by atoms with van der Waals surface area (Å²) in [6.45, 7) is 2.26. The van der Waals surface area contributed by atoms with E-state index in [9.17, 15) is 9.90 Å². The van der Waals surface area contributed by atoms with Gasteiger partial charge in [-0.25, -0.2) is 0 Å². The number of hydrogen-bond donors (Lipinski definition) is 2. The molecule has 2 fully saturated rings. The summed E-state index contributed by atoms with van der Waals surface area (Å²) < 4.78 is 0. The van der Waals surface area contributed by atoms with Crippen LogP contribution in [0.25, 0.3) is 0 Å². The average molecular weight is 316 g/mol. The lowest BCUT2D eigenvalue weighted by Crippen LogP contribution is -2.56. The highest BCUT2D eigenvalue weighted by Gasteiger charge is 2.36. The number of carbonyl (C=O) groups excluding carboxylic acids is 1. The highest BCUT2D eigenvalue weighted by molar-refractivity contribution is 5.88. The van der Waals surface area contributed by atoms with Crippen molar-refractivity contribution in [2.45, 2.75) is 25.0 Å². The fourth-order valence-corrected chi connectivity index (χ4v) is 2.95. The molecule has 6 heteroatoms. The molecule has 1 aromatic carbocycles. The number of piperazine rings is 1. The van der Waals surface area contributed by atoms with Gasteiger partial charge in [-0.3, -0.25) is 9.79 Å². The van der Waals surface area contributed by atoms with Crippen molar-refractivity contribution in [2.75, 3.05) is 33.2 Å². The fraction of sp³-hybridized carbons (Fsp3) is 0.529. The van der Waals surface area contributed by atoms with Crippen molar-refractivity contribution in [3.8, 4) is 0 Å². The maximum atomic E-state index is 12.2. The minimum absolute atomic E-state index is 0.172. The Kier molecular flexibility index (Phi) is 4.81. The number of nitrogens with zero attached hydrogens (tertiary/aromatic N) is 3. The Balaban J connectivity index is 1.53. The predicted octanol–water partition coefficient (Wildman–Crippen LogP) is 0.602. The zero-order valence-electron chi connectivity index (χ0n) is 13.5. The van der Waals surface area contributed by atoms with E-state index in [1.165, 1.54) is 0 Å². The van der Waals surface area contributed by atoms with Gasteiger partial charge >= 0.3 is 0 Å². The predicted molar refractivity (Wildman–Crippen MR) is 89.1 cm³/mol. The van der Waals surface area contributed by atoms with Crippen LogP contribution in [0.1, 0.15) is 24.5 Å². The average Bonchev–Trinajstić information content (AvgIpc) is 3.41. The Labute approximate surface area is 136 Å². The van der Waals surface area contributed by atoms with Crippen LogP contribution in [0.3, 0.4) is 0 Å². The molecule has 1 saturated carbocycles. The summed E-state index contributed by atoms with van der Waals surface area (Å²) in [6.07, 6.45) is 1.68. The first-order chi connectivity index (χ1) is 11.2. The highest BCUT2D eigenvalue weighted by Crippen LogP contribution is 2.28. The third-order valence-electron chi connectivity index (χ3n) is 4.39. The number of hydrogen-bond acceptors (Lipinski definition) is 3. The molecule has 1 saturated heterocycles. The maximum Gasteiger partial charge on any atom is 0.242 e. The number of aliphatic hydroxyl groups is 1. The molecule has 1 aliphatic heterocycles. The molecule has 3 rings (SSSR count). The van der Waals surface area contributed by atoms with Crippen molar-refractivity contribution in [3.05, 3.63) is 35.9 Å². The highest BCUT2D eigenvalue weighted by atomic mass is 16.3. The minimum atomic E-state index is -0.601. The number of aliphatic imine (C=N–C) groups is 1. The fourth-order valence-electron chi connectivity index (χ4n) is 2.95. The van der Waals surface area contributed by atoms with Crippen LogP contribution in [-0.4, -0.2) is 66.0 Å². The van der Waals surface area contributed by atoms with Crippen LogP contribution in [0.2, 0.25) is 0 Å². The number of nitrogens with one attached hydrogen (secondary N) is 1. The molecule has 1 heterocycles. The molecule has 6 nitrogen and oxygen atoms in total. The van der Waals surface area contributed by atoms with E-state index in [0.29, 0.717) is 25.1 Å². The lowest BCUT2D eigenvalue weighted by molar-refractivity contribution is -0.135. The van der Waals surface area contributed by atoms with Crippen molar-refractivity contribution in [1.82, 2.24) is 15.1 Å². The lowest BCUT2D eigenvalue weighted by Gasteiger charge is -2.36. The van der Waals surface area contributed by atoms with Crippen molar-refractivity contribution in [2.24, 2.45) is 4.99 Å². The van der Waals surface area contributed by atoms with E-state index in [1.54, 1.807) is 7.05 Å². The third kappa shape index (κ3) is 3.82. The molecule has 0 bridgehead atoms. The summed E-state index contributed by atoms with van der Waals surface area (Å²) >= 11 is 0. The molecule has 1 unspecified atom stereocenters. The molecule has 1 aliphatic carbocycles. The minimum Gasteiger partial charge on any atom is -0.387 e. The Morgan fingerprint density at radius 3 is 2.70 bits per heavy atom. The van der Waals surface area contributed by atoms with Crippen LogP contribution in [0.15, 0.2) is 35.3 Å². The zero-order valence-corrected chi connectivity index (χ0v) is 13.5. The van der Waals surface area contributed by atoms with E-state index >= 15 is 0 Å². The molecule has 1 aromatic rings. The lowest BCUT2D eigenvalue weighted by atomic mass is 10.1. The van der Waals surface area contributed by atoms with E-state index in [4.69, 9.17) is 0 Å². The van der Waals surface area contributed by atoms with Gasteiger partial charge in [0.05, 0.1) is 12.6 Å². The molecular weight excluding hydrogens is 292 g/mol. The Bertz CT molecular complexity index is 571. The summed E-state index contributed by atoms with van der Waals surface area (Å²) in [7, 11) is 1.70. The molecule has 1 amide bonds. The monoisotopic (exact) mass is 316 g/mol. The number of rotatable bonds is 4. The molecule has 0 spiro atoms. The Morgan fingerprint density at radius 1 is 1.35 bits per heavy atom. The largest absolute Gasteiger partial charge is 0.387 e. The van der Waals surface area contributed by atoms with Gasteiger partial charge in [0.25, 0.3) is 0 Å². The molecule has 2 aliphatic rings. The quantitative estimate of drug-likeness (QED) is 0.631. The summed E-state index contributed by atoms with van der Waals surface area (Å²) in [5.74, 6) is 0.842. The van der Waals surface area contributed by atoms with Gasteiger partial charge in [-0.1, -0.05) is 30.3 Å². The summed E-state index contributed by atoms with van der Waals surface area (Å²) in [5, 5.41) is 13.4. The first-order valence-electron chi connectivity index (χ1n) is 8.17. The number of carbonyl (C=O) groups is 1. The number of guanidine groups is 1. The van der Waals surface area contributed by atoms with Gasteiger partial charge in [0.1, 0.15) is 0 Å². The van der Waals surface area contributed by atoms with Crippen LogP contribution >= 0.6 is 0 Å². The summed E-state index contributed by atoms with van der Waals surface area (Å²) in [5.41, 5.74) is 0.866. The van der Waals surface area contributed by atoms with Gasteiger partial charge < -0.3 is 20.2 Å². The zero-order chi connectivity index (χ0) is 16.2. The van der Waals surface area contributed by atoms with Gasteiger partial charge in [0.2, 0.25) is 5.91 Å². The van der Waals surface area contributed by atoms with Crippen LogP contribution in [0, 0.1) is 0 Å². The molecule has 1 atom stereocenters. The second kappa shape index (κ2) is 7.00. The van der Waals surface area contributed by atoms with Crippen LogP contribution in [0.5, 0.6) is 0 Å². The molecule has 124 valence electrons. The maximum absolute atomic E-state index is 12.2.